The number of hydrogen-bond donors (Lipinski definition) is 1. The second kappa shape index (κ2) is 8.70. The van der Waals surface area contributed by atoms with Gasteiger partial charge in [0.1, 0.15) is 29.0 Å². The molecule has 0 bridgehead atoms. The molecule has 4 aromatic rings. The fourth-order valence-electron chi connectivity index (χ4n) is 4.75. The lowest BCUT2D eigenvalue weighted by atomic mass is 9.81. The Labute approximate surface area is 200 Å². The Morgan fingerprint density at radius 3 is 2.77 bits per heavy atom. The van der Waals surface area contributed by atoms with Crippen molar-refractivity contribution in [1.82, 2.24) is 25.4 Å². The van der Waals surface area contributed by atoms with Crippen LogP contribution in [0.1, 0.15) is 30.0 Å². The van der Waals surface area contributed by atoms with Crippen molar-refractivity contribution < 1.29 is 18.7 Å². The third-order valence-corrected chi connectivity index (χ3v) is 6.71. The van der Waals surface area contributed by atoms with Crippen LogP contribution >= 0.6 is 0 Å². The Bertz CT molecular complexity index is 1330. The van der Waals surface area contributed by atoms with Crippen LogP contribution in [-0.4, -0.2) is 55.3 Å². The van der Waals surface area contributed by atoms with Crippen LogP contribution in [0.4, 0.5) is 10.2 Å². The smallest absolute Gasteiger partial charge is 0.268 e. The van der Waals surface area contributed by atoms with Gasteiger partial charge >= 0.3 is 0 Å². The number of aliphatic hydroxyl groups is 1. The molecule has 0 aliphatic carbocycles. The van der Waals surface area contributed by atoms with E-state index >= 15 is 0 Å². The number of hydrogen-bond acceptors (Lipinski definition) is 9. The summed E-state index contributed by atoms with van der Waals surface area (Å²) in [6, 6.07) is 14.1. The number of aromatic nitrogens is 5. The summed E-state index contributed by atoms with van der Waals surface area (Å²) in [6.45, 7) is 0.970. The number of nitrogens with zero attached hydrogens (tertiary/aromatic N) is 6. The Kier molecular flexibility index (Phi) is 5.37. The van der Waals surface area contributed by atoms with Crippen molar-refractivity contribution in [2.75, 3.05) is 18.0 Å². The van der Waals surface area contributed by atoms with Gasteiger partial charge in [-0.15, -0.1) is 20.4 Å². The van der Waals surface area contributed by atoms with E-state index < -0.39 is 11.7 Å². The van der Waals surface area contributed by atoms with Crippen molar-refractivity contribution in [2.45, 2.75) is 37.4 Å². The molecule has 2 unspecified atom stereocenters. The monoisotopic (exact) mass is 474 g/mol. The largest absolute Gasteiger partial charge is 0.484 e. The Morgan fingerprint density at radius 1 is 1.03 bits per heavy atom. The molecule has 9 nitrogen and oxygen atoms in total. The normalized spacial score (nSPS) is 21.5. The van der Waals surface area contributed by atoms with Gasteiger partial charge in [-0.3, -0.25) is 4.98 Å². The maximum Gasteiger partial charge on any atom is 0.268 e. The molecule has 0 radical (unpaired) electrons. The highest BCUT2D eigenvalue weighted by atomic mass is 19.1. The first-order valence-corrected chi connectivity index (χ1v) is 11.6. The highest BCUT2D eigenvalue weighted by Crippen LogP contribution is 2.40. The number of benzene rings is 1. The molecule has 2 aliphatic rings. The van der Waals surface area contributed by atoms with Crippen LogP contribution in [0.25, 0.3) is 11.6 Å². The average Bonchev–Trinajstić information content (AvgIpc) is 3.35. The van der Waals surface area contributed by atoms with Gasteiger partial charge in [0.15, 0.2) is 5.82 Å². The van der Waals surface area contributed by atoms with Crippen LogP contribution in [-0.2, 0) is 12.8 Å². The second-order valence-electron chi connectivity index (χ2n) is 8.87. The summed E-state index contributed by atoms with van der Waals surface area (Å²) >= 11 is 0. The summed E-state index contributed by atoms with van der Waals surface area (Å²) in [6.07, 6.45) is 3.10. The van der Waals surface area contributed by atoms with Gasteiger partial charge < -0.3 is 19.2 Å². The summed E-state index contributed by atoms with van der Waals surface area (Å²) in [5.41, 5.74) is 1.16. The Hall–Kier alpha value is -3.92. The minimum absolute atomic E-state index is 0.260. The fourth-order valence-corrected chi connectivity index (χ4v) is 4.75. The van der Waals surface area contributed by atoms with Crippen LogP contribution in [0.15, 0.2) is 59.1 Å². The van der Waals surface area contributed by atoms with E-state index in [9.17, 15) is 9.50 Å². The maximum atomic E-state index is 14.1. The second-order valence-corrected chi connectivity index (χ2v) is 8.87. The average molecular weight is 474 g/mol. The van der Waals surface area contributed by atoms with Gasteiger partial charge in [0.25, 0.3) is 5.89 Å². The summed E-state index contributed by atoms with van der Waals surface area (Å²) in [4.78, 5) is 6.23. The van der Waals surface area contributed by atoms with E-state index in [-0.39, 0.29) is 11.7 Å². The number of ether oxygens (including phenoxy) is 1. The van der Waals surface area contributed by atoms with Gasteiger partial charge in [-0.25, -0.2) is 4.39 Å². The standard InChI is InChI=1S/C25H23FN6O3/c26-18-5-3-6-20-17(18)9-10-25(35-20)11-13-32(15-21(25)33)22-8-7-19(28-29-22)24-31-30-23(34-24)14-16-4-1-2-12-27-16/h1-8,12,21,33H,9-11,13-15H2. The molecule has 2 aliphatic heterocycles. The molecule has 3 aromatic heterocycles. The third-order valence-electron chi connectivity index (χ3n) is 6.71. The van der Waals surface area contributed by atoms with Crippen molar-refractivity contribution in [1.29, 1.82) is 0 Å². The zero-order valence-electron chi connectivity index (χ0n) is 18.8. The number of rotatable bonds is 4. The molecular weight excluding hydrogens is 451 g/mol. The van der Waals surface area contributed by atoms with Crippen LogP contribution < -0.4 is 9.64 Å². The number of anilines is 1. The quantitative estimate of drug-likeness (QED) is 0.477. The first-order valence-electron chi connectivity index (χ1n) is 11.6. The fraction of sp³-hybridized carbons (Fsp3) is 0.320. The molecular formula is C25H23FN6O3. The van der Waals surface area contributed by atoms with Gasteiger partial charge in [0.05, 0.1) is 6.42 Å². The van der Waals surface area contributed by atoms with Crippen molar-refractivity contribution in [3.05, 3.63) is 77.7 Å². The first kappa shape index (κ1) is 21.6. The molecule has 1 aromatic carbocycles. The zero-order valence-corrected chi connectivity index (χ0v) is 18.8. The van der Waals surface area contributed by atoms with Gasteiger partial charge in [0, 0.05) is 37.0 Å². The predicted molar refractivity (Wildman–Crippen MR) is 123 cm³/mol. The lowest BCUT2D eigenvalue weighted by molar-refractivity contribution is -0.0789. The number of aliphatic hydroxyl groups excluding tert-OH is 1. The minimum atomic E-state index is -0.751. The molecule has 1 N–H and O–H groups in total. The van der Waals surface area contributed by atoms with E-state index in [1.54, 1.807) is 24.4 Å². The van der Waals surface area contributed by atoms with Gasteiger partial charge in [-0.2, -0.15) is 0 Å². The Morgan fingerprint density at radius 2 is 1.97 bits per heavy atom. The molecule has 178 valence electrons. The molecule has 6 rings (SSSR count). The highest BCUT2D eigenvalue weighted by Gasteiger charge is 2.47. The molecule has 1 spiro atoms. The number of fused-ring (bicyclic) bond motifs is 1. The minimum Gasteiger partial charge on any atom is -0.484 e. The summed E-state index contributed by atoms with van der Waals surface area (Å²) in [5.74, 6) is 1.63. The van der Waals surface area contributed by atoms with E-state index in [0.717, 1.165) is 5.69 Å². The number of β-amino-alcohol motifs (C(OH)–C–C–N with tert-alkyl or cyclic N) is 1. The lowest BCUT2D eigenvalue weighted by Gasteiger charge is -2.47. The first-order chi connectivity index (χ1) is 17.1. The van der Waals surface area contributed by atoms with E-state index in [4.69, 9.17) is 9.15 Å². The molecule has 35 heavy (non-hydrogen) atoms. The predicted octanol–water partition coefficient (Wildman–Crippen LogP) is 2.99. The van der Waals surface area contributed by atoms with Crippen LogP contribution in [0.5, 0.6) is 5.75 Å². The van der Waals surface area contributed by atoms with E-state index in [2.05, 4.69) is 25.4 Å². The highest BCUT2D eigenvalue weighted by molar-refractivity contribution is 5.50. The number of piperidine rings is 1. The van der Waals surface area contributed by atoms with E-state index in [1.807, 2.05) is 29.2 Å². The van der Waals surface area contributed by atoms with Gasteiger partial charge in [-0.1, -0.05) is 12.1 Å². The van der Waals surface area contributed by atoms with Crippen molar-refractivity contribution in [3.8, 4) is 17.3 Å². The zero-order chi connectivity index (χ0) is 23.8. The molecule has 1 saturated heterocycles. The Balaban J connectivity index is 1.13. The van der Waals surface area contributed by atoms with E-state index in [0.29, 0.717) is 67.5 Å². The van der Waals surface area contributed by atoms with Crippen LogP contribution in [0.3, 0.4) is 0 Å². The molecule has 10 heteroatoms. The van der Waals surface area contributed by atoms with Crippen molar-refractivity contribution >= 4 is 5.82 Å². The lowest BCUT2D eigenvalue weighted by Crippen LogP contribution is -2.60. The summed E-state index contributed by atoms with van der Waals surface area (Å²) < 4.78 is 26.0. The number of pyridine rings is 1. The van der Waals surface area contributed by atoms with Crippen molar-refractivity contribution in [3.63, 3.8) is 0 Å². The third kappa shape index (κ3) is 4.10. The molecule has 1 fully saturated rings. The van der Waals surface area contributed by atoms with Gasteiger partial charge in [-0.05, 0) is 49.2 Å². The van der Waals surface area contributed by atoms with Crippen LogP contribution in [0.2, 0.25) is 0 Å². The van der Waals surface area contributed by atoms with Crippen LogP contribution in [0, 0.1) is 5.82 Å². The molecule has 0 amide bonds. The SMILES string of the molecule is OC1CN(c2ccc(-c3nnc(Cc4ccccn4)o3)nn2)CCC12CCc1c(F)cccc1O2. The number of halogens is 1. The maximum absolute atomic E-state index is 14.1. The molecule has 2 atom stereocenters. The van der Waals surface area contributed by atoms with Gasteiger partial charge in [0.2, 0.25) is 5.89 Å². The molecule has 5 heterocycles. The topological polar surface area (TPSA) is 110 Å². The summed E-state index contributed by atoms with van der Waals surface area (Å²) in [7, 11) is 0. The van der Waals surface area contributed by atoms with Crippen molar-refractivity contribution in [2.24, 2.45) is 0 Å². The summed E-state index contributed by atoms with van der Waals surface area (Å²) in [5, 5.41) is 27.7. The molecule has 0 saturated carbocycles. The van der Waals surface area contributed by atoms with E-state index in [1.165, 1.54) is 6.07 Å².